The summed E-state index contributed by atoms with van der Waals surface area (Å²) < 4.78 is 15.9. The molecule has 0 spiro atoms. The summed E-state index contributed by atoms with van der Waals surface area (Å²) in [6, 6.07) is 5.81. The van der Waals surface area contributed by atoms with Crippen molar-refractivity contribution in [3.63, 3.8) is 0 Å². The molecule has 22 heavy (non-hydrogen) atoms. The molecule has 0 aliphatic heterocycles. The van der Waals surface area contributed by atoms with Gasteiger partial charge in [0, 0.05) is 0 Å². The van der Waals surface area contributed by atoms with Gasteiger partial charge in [0.2, 0.25) is 0 Å². The van der Waals surface area contributed by atoms with E-state index in [9.17, 15) is 4.79 Å². The summed E-state index contributed by atoms with van der Waals surface area (Å²) in [5, 5.41) is 0. The highest BCUT2D eigenvalue weighted by atomic mass is 16.5. The van der Waals surface area contributed by atoms with Gasteiger partial charge in [-0.3, -0.25) is 0 Å². The van der Waals surface area contributed by atoms with Crippen molar-refractivity contribution in [1.29, 1.82) is 0 Å². The van der Waals surface area contributed by atoms with Gasteiger partial charge in [-0.05, 0) is 55.9 Å². The van der Waals surface area contributed by atoms with Crippen LogP contribution >= 0.6 is 0 Å². The molecule has 0 unspecified atom stereocenters. The third-order valence-electron chi connectivity index (χ3n) is 4.00. The minimum absolute atomic E-state index is 0.275. The van der Waals surface area contributed by atoms with Crippen molar-refractivity contribution in [2.24, 2.45) is 0 Å². The molecule has 0 amide bonds. The van der Waals surface area contributed by atoms with Crippen LogP contribution in [0.3, 0.4) is 0 Å². The predicted molar refractivity (Wildman–Crippen MR) is 85.7 cm³/mol. The van der Waals surface area contributed by atoms with Crippen molar-refractivity contribution in [2.75, 3.05) is 14.2 Å². The minimum Gasteiger partial charge on any atom is -0.503 e. The molecule has 0 atom stereocenters. The molecule has 4 heteroatoms. The molecule has 1 aromatic rings. The Morgan fingerprint density at radius 1 is 1.18 bits per heavy atom. The Labute approximate surface area is 132 Å². The first kappa shape index (κ1) is 16.4. The molecule has 120 valence electrons. The minimum atomic E-state index is -0.417. The Kier molecular flexibility index (Phi) is 5.87. The molecule has 1 fully saturated rings. The van der Waals surface area contributed by atoms with E-state index in [2.05, 4.69) is 0 Å². The fourth-order valence-corrected chi connectivity index (χ4v) is 2.79. The third-order valence-corrected chi connectivity index (χ3v) is 4.00. The van der Waals surface area contributed by atoms with Crippen LogP contribution in [0.2, 0.25) is 0 Å². The van der Waals surface area contributed by atoms with Crippen LogP contribution in [0.5, 0.6) is 5.75 Å². The van der Waals surface area contributed by atoms with Crippen LogP contribution in [0.1, 0.15) is 43.2 Å². The monoisotopic (exact) mass is 304 g/mol. The van der Waals surface area contributed by atoms with Crippen molar-refractivity contribution in [3.05, 3.63) is 35.6 Å². The highest BCUT2D eigenvalue weighted by molar-refractivity contribution is 6.16. The van der Waals surface area contributed by atoms with Gasteiger partial charge in [-0.25, -0.2) is 4.79 Å². The van der Waals surface area contributed by atoms with Gasteiger partial charge >= 0.3 is 5.97 Å². The van der Waals surface area contributed by atoms with E-state index < -0.39 is 5.97 Å². The van der Waals surface area contributed by atoms with Crippen LogP contribution in [0, 0.1) is 6.92 Å². The van der Waals surface area contributed by atoms with Gasteiger partial charge in [-0.2, -0.15) is 0 Å². The number of aryl methyl sites for hydroxylation is 1. The molecule has 0 heterocycles. The molecule has 1 aliphatic rings. The first-order chi connectivity index (χ1) is 10.7. The molecule has 1 aromatic carbocycles. The lowest BCUT2D eigenvalue weighted by molar-refractivity contribution is -0.133. The van der Waals surface area contributed by atoms with Crippen LogP contribution in [0.15, 0.2) is 24.5 Å². The number of benzene rings is 1. The Hall–Kier alpha value is -1.97. The van der Waals surface area contributed by atoms with E-state index in [1.165, 1.54) is 39.7 Å². The van der Waals surface area contributed by atoms with Gasteiger partial charge in [0.25, 0.3) is 0 Å². The Balaban J connectivity index is 2.25. The molecule has 0 aromatic heterocycles. The maximum Gasteiger partial charge on any atom is 0.341 e. The summed E-state index contributed by atoms with van der Waals surface area (Å²) in [5.41, 5.74) is 2.16. The quantitative estimate of drug-likeness (QED) is 0.470. The summed E-state index contributed by atoms with van der Waals surface area (Å²) >= 11 is 0. The standard InChI is InChI=1S/C18H24O4/c1-13-9-10-15(22-14-7-5-4-6-8-14)11-16(13)17(12-20-2)18(19)21-3/h9-12,14H,4-8H2,1-3H3/b17-12+. The average molecular weight is 304 g/mol. The number of rotatable bonds is 5. The highest BCUT2D eigenvalue weighted by Gasteiger charge is 2.18. The molecule has 1 aliphatic carbocycles. The summed E-state index contributed by atoms with van der Waals surface area (Å²) in [4.78, 5) is 11.9. The van der Waals surface area contributed by atoms with E-state index in [1.54, 1.807) is 0 Å². The molecule has 0 radical (unpaired) electrons. The second-order valence-electron chi connectivity index (χ2n) is 5.61. The molecule has 0 saturated heterocycles. The molecule has 0 bridgehead atoms. The van der Waals surface area contributed by atoms with E-state index in [-0.39, 0.29) is 6.10 Å². The van der Waals surface area contributed by atoms with E-state index in [0.717, 1.165) is 29.7 Å². The van der Waals surface area contributed by atoms with Crippen LogP contribution in [0.25, 0.3) is 5.57 Å². The average Bonchev–Trinajstić information content (AvgIpc) is 2.55. The summed E-state index contributed by atoms with van der Waals surface area (Å²) in [5.74, 6) is 0.373. The number of ether oxygens (including phenoxy) is 3. The van der Waals surface area contributed by atoms with Crippen molar-refractivity contribution >= 4 is 11.5 Å². The predicted octanol–water partition coefficient (Wildman–Crippen LogP) is 3.87. The fourth-order valence-electron chi connectivity index (χ4n) is 2.79. The SMILES string of the molecule is CO/C=C(/C(=O)OC)c1cc(OC2CCCCC2)ccc1C. The topological polar surface area (TPSA) is 44.8 Å². The molecule has 4 nitrogen and oxygen atoms in total. The number of carbonyl (C=O) groups excluding carboxylic acids is 1. The maximum absolute atomic E-state index is 11.9. The van der Waals surface area contributed by atoms with E-state index >= 15 is 0 Å². The Morgan fingerprint density at radius 3 is 2.55 bits per heavy atom. The molecular formula is C18H24O4. The lowest BCUT2D eigenvalue weighted by Gasteiger charge is -2.23. The summed E-state index contributed by atoms with van der Waals surface area (Å²) in [6.07, 6.45) is 7.63. The molecule has 1 saturated carbocycles. The second kappa shape index (κ2) is 7.87. The summed E-state index contributed by atoms with van der Waals surface area (Å²) in [6.45, 7) is 1.95. The van der Waals surface area contributed by atoms with Gasteiger partial charge < -0.3 is 14.2 Å². The third kappa shape index (κ3) is 4.03. The highest BCUT2D eigenvalue weighted by Crippen LogP contribution is 2.28. The van der Waals surface area contributed by atoms with E-state index in [4.69, 9.17) is 14.2 Å². The van der Waals surface area contributed by atoms with Gasteiger partial charge in [-0.1, -0.05) is 12.5 Å². The smallest absolute Gasteiger partial charge is 0.341 e. The van der Waals surface area contributed by atoms with Crippen molar-refractivity contribution in [2.45, 2.75) is 45.1 Å². The number of methoxy groups -OCH3 is 2. The lowest BCUT2D eigenvalue weighted by Crippen LogP contribution is -2.19. The number of esters is 1. The van der Waals surface area contributed by atoms with Crippen LogP contribution in [-0.4, -0.2) is 26.3 Å². The molecular weight excluding hydrogens is 280 g/mol. The van der Waals surface area contributed by atoms with Crippen LogP contribution in [0.4, 0.5) is 0 Å². The first-order valence-corrected chi connectivity index (χ1v) is 7.74. The second-order valence-corrected chi connectivity index (χ2v) is 5.61. The first-order valence-electron chi connectivity index (χ1n) is 7.74. The van der Waals surface area contributed by atoms with Gasteiger partial charge in [0.15, 0.2) is 0 Å². The fraction of sp³-hybridized carbons (Fsp3) is 0.500. The van der Waals surface area contributed by atoms with E-state index in [0.29, 0.717) is 5.57 Å². The molecule has 0 N–H and O–H groups in total. The zero-order valence-corrected chi connectivity index (χ0v) is 13.6. The van der Waals surface area contributed by atoms with Crippen molar-refractivity contribution in [3.8, 4) is 5.75 Å². The normalized spacial score (nSPS) is 16.2. The van der Waals surface area contributed by atoms with Crippen molar-refractivity contribution < 1.29 is 19.0 Å². The van der Waals surface area contributed by atoms with Gasteiger partial charge in [-0.15, -0.1) is 0 Å². The summed E-state index contributed by atoms with van der Waals surface area (Å²) in [7, 11) is 2.88. The van der Waals surface area contributed by atoms with Crippen molar-refractivity contribution in [1.82, 2.24) is 0 Å². The van der Waals surface area contributed by atoms with E-state index in [1.807, 2.05) is 25.1 Å². The largest absolute Gasteiger partial charge is 0.503 e. The Bertz CT molecular complexity index is 542. The number of hydrogen-bond acceptors (Lipinski definition) is 4. The van der Waals surface area contributed by atoms with Crippen LogP contribution < -0.4 is 4.74 Å². The lowest BCUT2D eigenvalue weighted by atomic mass is 9.97. The molecule has 2 rings (SSSR count). The maximum atomic E-state index is 11.9. The Morgan fingerprint density at radius 2 is 1.91 bits per heavy atom. The number of hydrogen-bond donors (Lipinski definition) is 0. The zero-order valence-electron chi connectivity index (χ0n) is 13.6. The van der Waals surface area contributed by atoms with Crippen LogP contribution in [-0.2, 0) is 14.3 Å². The van der Waals surface area contributed by atoms with Gasteiger partial charge in [0.1, 0.15) is 11.3 Å². The number of carbonyl (C=O) groups is 1. The van der Waals surface area contributed by atoms with Gasteiger partial charge in [0.05, 0.1) is 26.6 Å². The zero-order chi connectivity index (χ0) is 15.9.